The van der Waals surface area contributed by atoms with E-state index in [9.17, 15) is 9.18 Å². The molecule has 1 atom stereocenters. The molecule has 1 aromatic rings. The predicted octanol–water partition coefficient (Wildman–Crippen LogP) is 1.75. The molecule has 0 aliphatic carbocycles. The van der Waals surface area contributed by atoms with E-state index in [1.807, 2.05) is 31.9 Å². The average Bonchev–Trinajstić information content (AvgIpc) is 2.43. The van der Waals surface area contributed by atoms with Crippen LogP contribution in [0, 0.1) is 11.7 Å². The van der Waals surface area contributed by atoms with Crippen molar-refractivity contribution in [3.63, 3.8) is 0 Å². The van der Waals surface area contributed by atoms with Gasteiger partial charge in [-0.2, -0.15) is 0 Å². The lowest BCUT2D eigenvalue weighted by molar-refractivity contribution is -0.123. The number of benzene rings is 1. The Balaban J connectivity index is 2.90. The standard InChI is InChI=1S/C15H24FN3O/c1-5-18-9-12-7-6-8-13(16)14(12)19(4)10-11(2)15(20)17-3/h6-8,11,18H,5,9-10H2,1-4H3,(H,17,20). The molecule has 0 heterocycles. The number of nitrogens with one attached hydrogen (secondary N) is 2. The van der Waals surface area contributed by atoms with Crippen LogP contribution in [-0.4, -0.2) is 33.1 Å². The van der Waals surface area contributed by atoms with Crippen molar-refractivity contribution < 1.29 is 9.18 Å². The van der Waals surface area contributed by atoms with Crippen LogP contribution in [0.15, 0.2) is 18.2 Å². The maximum atomic E-state index is 14.1. The Morgan fingerprint density at radius 1 is 1.45 bits per heavy atom. The summed E-state index contributed by atoms with van der Waals surface area (Å²) in [5, 5.41) is 5.82. The van der Waals surface area contributed by atoms with Gasteiger partial charge in [0.15, 0.2) is 0 Å². The Hall–Kier alpha value is -1.62. The van der Waals surface area contributed by atoms with Crippen molar-refractivity contribution in [1.82, 2.24) is 10.6 Å². The number of halogens is 1. The number of rotatable bonds is 7. The molecular formula is C15H24FN3O. The minimum Gasteiger partial charge on any atom is -0.371 e. The first kappa shape index (κ1) is 16.4. The molecule has 0 fully saturated rings. The van der Waals surface area contributed by atoms with E-state index in [1.54, 1.807) is 13.1 Å². The van der Waals surface area contributed by atoms with Gasteiger partial charge < -0.3 is 15.5 Å². The summed E-state index contributed by atoms with van der Waals surface area (Å²) in [5.74, 6) is -0.495. The minimum atomic E-state index is -0.257. The average molecular weight is 281 g/mol. The highest BCUT2D eigenvalue weighted by atomic mass is 19.1. The summed E-state index contributed by atoms with van der Waals surface area (Å²) in [6.07, 6.45) is 0. The van der Waals surface area contributed by atoms with Crippen LogP contribution in [0.2, 0.25) is 0 Å². The summed E-state index contributed by atoms with van der Waals surface area (Å²) in [5.41, 5.74) is 1.46. The summed E-state index contributed by atoms with van der Waals surface area (Å²) in [7, 11) is 3.42. The van der Waals surface area contributed by atoms with Crippen LogP contribution < -0.4 is 15.5 Å². The second kappa shape index (κ2) is 7.85. The number of hydrogen-bond donors (Lipinski definition) is 2. The van der Waals surface area contributed by atoms with Crippen molar-refractivity contribution in [2.75, 3.05) is 32.1 Å². The summed E-state index contributed by atoms with van der Waals surface area (Å²) in [4.78, 5) is 13.4. The van der Waals surface area contributed by atoms with Crippen molar-refractivity contribution in [2.24, 2.45) is 5.92 Å². The van der Waals surface area contributed by atoms with Gasteiger partial charge in [0.1, 0.15) is 5.82 Å². The van der Waals surface area contributed by atoms with E-state index >= 15 is 0 Å². The van der Waals surface area contributed by atoms with E-state index in [4.69, 9.17) is 0 Å². The van der Waals surface area contributed by atoms with Gasteiger partial charge in [-0.15, -0.1) is 0 Å². The molecule has 2 N–H and O–H groups in total. The maximum Gasteiger partial charge on any atom is 0.224 e. The number of anilines is 1. The molecule has 0 aliphatic rings. The lowest BCUT2D eigenvalue weighted by atomic mass is 10.1. The van der Waals surface area contributed by atoms with E-state index in [0.717, 1.165) is 12.1 Å². The topological polar surface area (TPSA) is 44.4 Å². The van der Waals surface area contributed by atoms with Gasteiger partial charge in [-0.1, -0.05) is 26.0 Å². The highest BCUT2D eigenvalue weighted by Gasteiger charge is 2.18. The molecule has 5 heteroatoms. The van der Waals surface area contributed by atoms with Crippen molar-refractivity contribution >= 4 is 11.6 Å². The van der Waals surface area contributed by atoms with E-state index in [0.29, 0.717) is 18.8 Å². The molecule has 1 aromatic carbocycles. The first-order chi connectivity index (χ1) is 9.51. The molecule has 20 heavy (non-hydrogen) atoms. The zero-order chi connectivity index (χ0) is 15.1. The number of carbonyl (C=O) groups is 1. The Kier molecular flexibility index (Phi) is 6.45. The Morgan fingerprint density at radius 2 is 2.15 bits per heavy atom. The maximum absolute atomic E-state index is 14.1. The van der Waals surface area contributed by atoms with Crippen LogP contribution >= 0.6 is 0 Å². The quantitative estimate of drug-likeness (QED) is 0.800. The fourth-order valence-electron chi connectivity index (χ4n) is 2.22. The van der Waals surface area contributed by atoms with Crippen molar-refractivity contribution in [3.05, 3.63) is 29.6 Å². The van der Waals surface area contributed by atoms with Crippen LogP contribution in [0.25, 0.3) is 0 Å². The van der Waals surface area contributed by atoms with E-state index in [2.05, 4.69) is 10.6 Å². The third-order valence-corrected chi connectivity index (χ3v) is 3.26. The Bertz CT molecular complexity index is 451. The Labute approximate surface area is 120 Å². The molecule has 112 valence electrons. The normalized spacial score (nSPS) is 12.1. The van der Waals surface area contributed by atoms with Gasteiger partial charge >= 0.3 is 0 Å². The summed E-state index contributed by atoms with van der Waals surface area (Å²) in [6.45, 7) is 5.76. The van der Waals surface area contributed by atoms with Gasteiger partial charge in [0.05, 0.1) is 11.6 Å². The van der Waals surface area contributed by atoms with Gasteiger partial charge in [0, 0.05) is 27.2 Å². The summed E-state index contributed by atoms with van der Waals surface area (Å²) in [6, 6.07) is 5.06. The minimum absolute atomic E-state index is 0.0403. The van der Waals surface area contributed by atoms with Gasteiger partial charge in [0.25, 0.3) is 0 Å². The molecule has 0 bridgehead atoms. The number of nitrogens with zero attached hydrogens (tertiary/aromatic N) is 1. The fourth-order valence-corrected chi connectivity index (χ4v) is 2.22. The molecule has 4 nitrogen and oxygen atoms in total. The van der Waals surface area contributed by atoms with Gasteiger partial charge in [0.2, 0.25) is 5.91 Å². The molecule has 1 amide bonds. The van der Waals surface area contributed by atoms with E-state index in [-0.39, 0.29) is 17.6 Å². The van der Waals surface area contributed by atoms with Crippen LogP contribution in [0.1, 0.15) is 19.4 Å². The van der Waals surface area contributed by atoms with Crippen molar-refractivity contribution in [2.45, 2.75) is 20.4 Å². The van der Waals surface area contributed by atoms with Crippen molar-refractivity contribution in [1.29, 1.82) is 0 Å². The zero-order valence-corrected chi connectivity index (χ0v) is 12.7. The number of hydrogen-bond acceptors (Lipinski definition) is 3. The van der Waals surface area contributed by atoms with Crippen LogP contribution in [-0.2, 0) is 11.3 Å². The molecule has 0 spiro atoms. The monoisotopic (exact) mass is 281 g/mol. The zero-order valence-electron chi connectivity index (χ0n) is 12.7. The predicted molar refractivity (Wildman–Crippen MR) is 80.3 cm³/mol. The van der Waals surface area contributed by atoms with Crippen LogP contribution in [0.4, 0.5) is 10.1 Å². The summed E-state index contributed by atoms with van der Waals surface area (Å²) >= 11 is 0. The molecule has 0 aliphatic heterocycles. The van der Waals surface area contributed by atoms with Gasteiger partial charge in [-0.25, -0.2) is 4.39 Å². The van der Waals surface area contributed by atoms with E-state index in [1.165, 1.54) is 6.07 Å². The fraction of sp³-hybridized carbons (Fsp3) is 0.533. The van der Waals surface area contributed by atoms with Crippen LogP contribution in [0.3, 0.4) is 0 Å². The number of para-hydroxylation sites is 1. The SMILES string of the molecule is CCNCc1cccc(F)c1N(C)CC(C)C(=O)NC. The Morgan fingerprint density at radius 3 is 2.75 bits per heavy atom. The second-order valence-electron chi connectivity index (χ2n) is 4.92. The molecular weight excluding hydrogens is 257 g/mol. The number of carbonyl (C=O) groups excluding carboxylic acids is 1. The molecule has 1 rings (SSSR count). The third-order valence-electron chi connectivity index (χ3n) is 3.26. The summed E-state index contributed by atoms with van der Waals surface area (Å²) < 4.78 is 14.1. The first-order valence-electron chi connectivity index (χ1n) is 6.92. The molecule has 0 saturated carbocycles. The van der Waals surface area contributed by atoms with Crippen molar-refractivity contribution in [3.8, 4) is 0 Å². The molecule has 0 aromatic heterocycles. The lowest BCUT2D eigenvalue weighted by Gasteiger charge is -2.25. The largest absolute Gasteiger partial charge is 0.371 e. The third kappa shape index (κ3) is 4.20. The smallest absolute Gasteiger partial charge is 0.224 e. The van der Waals surface area contributed by atoms with E-state index < -0.39 is 0 Å². The molecule has 0 saturated heterocycles. The highest BCUT2D eigenvalue weighted by Crippen LogP contribution is 2.24. The second-order valence-corrected chi connectivity index (χ2v) is 4.92. The van der Waals surface area contributed by atoms with Gasteiger partial charge in [-0.05, 0) is 18.2 Å². The lowest BCUT2D eigenvalue weighted by Crippen LogP contribution is -2.35. The van der Waals surface area contributed by atoms with Crippen LogP contribution in [0.5, 0.6) is 0 Å². The molecule has 0 radical (unpaired) electrons. The molecule has 1 unspecified atom stereocenters. The van der Waals surface area contributed by atoms with Gasteiger partial charge in [-0.3, -0.25) is 4.79 Å². The first-order valence-corrected chi connectivity index (χ1v) is 6.92. The number of amides is 1. The highest BCUT2D eigenvalue weighted by molar-refractivity contribution is 5.78.